The SMILES string of the molecule is COCC1(CN)CN(C(=O)OC(C)(C)C)CCO1. The molecule has 6 nitrogen and oxygen atoms in total. The van der Waals surface area contributed by atoms with E-state index < -0.39 is 11.2 Å². The Morgan fingerprint density at radius 3 is 2.67 bits per heavy atom. The molecule has 2 N–H and O–H groups in total. The van der Waals surface area contributed by atoms with E-state index in [-0.39, 0.29) is 6.09 Å². The number of nitrogens with zero attached hydrogens (tertiary/aromatic N) is 1. The van der Waals surface area contributed by atoms with Gasteiger partial charge in [-0.3, -0.25) is 0 Å². The second-order valence-electron chi connectivity index (χ2n) is 5.57. The molecule has 1 aliphatic heterocycles. The van der Waals surface area contributed by atoms with Gasteiger partial charge in [-0.25, -0.2) is 4.79 Å². The molecule has 106 valence electrons. The number of methoxy groups -OCH3 is 1. The van der Waals surface area contributed by atoms with Gasteiger partial charge >= 0.3 is 6.09 Å². The fraction of sp³-hybridized carbons (Fsp3) is 0.917. The average molecular weight is 260 g/mol. The third-order valence-electron chi connectivity index (χ3n) is 2.68. The maximum Gasteiger partial charge on any atom is 0.410 e. The molecule has 0 aromatic heterocycles. The summed E-state index contributed by atoms with van der Waals surface area (Å²) in [7, 11) is 1.59. The van der Waals surface area contributed by atoms with E-state index >= 15 is 0 Å². The van der Waals surface area contributed by atoms with Crippen LogP contribution >= 0.6 is 0 Å². The molecule has 1 saturated heterocycles. The van der Waals surface area contributed by atoms with Crippen molar-refractivity contribution < 1.29 is 19.0 Å². The van der Waals surface area contributed by atoms with Gasteiger partial charge in [-0.05, 0) is 20.8 Å². The monoisotopic (exact) mass is 260 g/mol. The Balaban J connectivity index is 2.65. The highest BCUT2D eigenvalue weighted by Gasteiger charge is 2.38. The van der Waals surface area contributed by atoms with Gasteiger partial charge in [0.15, 0.2) is 0 Å². The molecule has 0 radical (unpaired) electrons. The van der Waals surface area contributed by atoms with Gasteiger partial charge in [-0.1, -0.05) is 0 Å². The summed E-state index contributed by atoms with van der Waals surface area (Å²) in [6, 6.07) is 0. The lowest BCUT2D eigenvalue weighted by Crippen LogP contribution is -2.60. The van der Waals surface area contributed by atoms with Crippen molar-refractivity contribution in [1.82, 2.24) is 4.90 Å². The number of amides is 1. The van der Waals surface area contributed by atoms with Crippen molar-refractivity contribution in [2.75, 3.05) is 40.0 Å². The molecule has 1 rings (SSSR count). The van der Waals surface area contributed by atoms with E-state index in [9.17, 15) is 4.79 Å². The van der Waals surface area contributed by atoms with Crippen LogP contribution in [0.15, 0.2) is 0 Å². The van der Waals surface area contributed by atoms with Gasteiger partial charge in [0.25, 0.3) is 0 Å². The van der Waals surface area contributed by atoms with Gasteiger partial charge in [-0.2, -0.15) is 0 Å². The largest absolute Gasteiger partial charge is 0.444 e. The Kier molecular flexibility index (Phi) is 4.95. The molecule has 0 spiro atoms. The minimum atomic E-state index is -0.621. The lowest BCUT2D eigenvalue weighted by Gasteiger charge is -2.41. The second-order valence-corrected chi connectivity index (χ2v) is 5.57. The van der Waals surface area contributed by atoms with E-state index in [4.69, 9.17) is 19.9 Å². The number of morpholine rings is 1. The standard InChI is InChI=1S/C12H24N2O4/c1-11(2,3)18-10(15)14-5-6-17-12(7-13,8-14)9-16-4/h5-9,13H2,1-4H3. The summed E-state index contributed by atoms with van der Waals surface area (Å²) in [5.41, 5.74) is 4.61. The van der Waals surface area contributed by atoms with Crippen molar-refractivity contribution in [3.63, 3.8) is 0 Å². The van der Waals surface area contributed by atoms with Gasteiger partial charge in [0.2, 0.25) is 0 Å². The molecular weight excluding hydrogens is 236 g/mol. The van der Waals surface area contributed by atoms with E-state index in [1.165, 1.54) is 0 Å². The van der Waals surface area contributed by atoms with Crippen LogP contribution in [0.3, 0.4) is 0 Å². The molecule has 1 amide bonds. The zero-order valence-corrected chi connectivity index (χ0v) is 11.7. The van der Waals surface area contributed by atoms with Crippen LogP contribution in [0.4, 0.5) is 4.79 Å². The van der Waals surface area contributed by atoms with E-state index in [2.05, 4.69) is 0 Å². The highest BCUT2D eigenvalue weighted by atomic mass is 16.6. The summed E-state index contributed by atoms with van der Waals surface area (Å²) < 4.78 is 16.1. The van der Waals surface area contributed by atoms with Gasteiger partial charge in [0, 0.05) is 20.2 Å². The lowest BCUT2D eigenvalue weighted by atomic mass is 10.0. The van der Waals surface area contributed by atoms with E-state index in [0.717, 1.165) is 0 Å². The maximum atomic E-state index is 12.0. The van der Waals surface area contributed by atoms with E-state index in [0.29, 0.717) is 32.8 Å². The Morgan fingerprint density at radius 2 is 2.17 bits per heavy atom. The first kappa shape index (κ1) is 15.2. The smallest absolute Gasteiger partial charge is 0.410 e. The summed E-state index contributed by atoms with van der Waals surface area (Å²) >= 11 is 0. The fourth-order valence-electron chi connectivity index (χ4n) is 1.86. The van der Waals surface area contributed by atoms with E-state index in [1.54, 1.807) is 12.0 Å². The van der Waals surface area contributed by atoms with Crippen LogP contribution < -0.4 is 5.73 Å². The first-order chi connectivity index (χ1) is 8.32. The van der Waals surface area contributed by atoms with Crippen LogP contribution in [0.5, 0.6) is 0 Å². The molecule has 1 fully saturated rings. The molecule has 0 aromatic carbocycles. The lowest BCUT2D eigenvalue weighted by molar-refractivity contribution is -0.131. The predicted molar refractivity (Wildman–Crippen MR) is 67.4 cm³/mol. The van der Waals surface area contributed by atoms with Crippen molar-refractivity contribution in [3.8, 4) is 0 Å². The quantitative estimate of drug-likeness (QED) is 0.804. The first-order valence-corrected chi connectivity index (χ1v) is 6.13. The highest BCUT2D eigenvalue weighted by Crippen LogP contribution is 2.20. The number of nitrogens with two attached hydrogens (primary N) is 1. The average Bonchev–Trinajstić information content (AvgIpc) is 2.27. The van der Waals surface area contributed by atoms with Gasteiger partial charge in [0.05, 0.1) is 19.8 Å². The maximum absolute atomic E-state index is 12.0. The van der Waals surface area contributed by atoms with E-state index in [1.807, 2.05) is 20.8 Å². The Hall–Kier alpha value is -0.850. The second kappa shape index (κ2) is 5.86. The van der Waals surface area contributed by atoms with Crippen LogP contribution in [0.2, 0.25) is 0 Å². The van der Waals surface area contributed by atoms with Gasteiger partial charge in [-0.15, -0.1) is 0 Å². The van der Waals surface area contributed by atoms with Crippen LogP contribution in [-0.4, -0.2) is 62.2 Å². The first-order valence-electron chi connectivity index (χ1n) is 6.13. The fourth-order valence-corrected chi connectivity index (χ4v) is 1.86. The van der Waals surface area contributed by atoms with Crippen molar-refractivity contribution in [1.29, 1.82) is 0 Å². The summed E-state index contributed by atoms with van der Waals surface area (Å²) in [5.74, 6) is 0. The Labute approximate surface area is 108 Å². The Bertz CT molecular complexity index is 286. The molecular formula is C12H24N2O4. The van der Waals surface area contributed by atoms with Crippen molar-refractivity contribution in [3.05, 3.63) is 0 Å². The minimum Gasteiger partial charge on any atom is -0.444 e. The summed E-state index contributed by atoms with van der Waals surface area (Å²) in [6.45, 7) is 7.55. The number of carbonyl (C=O) groups is 1. The minimum absolute atomic E-state index is 0.306. The summed E-state index contributed by atoms with van der Waals surface area (Å²) in [6.07, 6.45) is -0.334. The zero-order chi connectivity index (χ0) is 13.8. The molecule has 6 heteroatoms. The summed E-state index contributed by atoms with van der Waals surface area (Å²) in [4.78, 5) is 13.6. The third-order valence-corrected chi connectivity index (χ3v) is 2.68. The number of ether oxygens (including phenoxy) is 3. The number of hydrogen-bond donors (Lipinski definition) is 1. The molecule has 1 aliphatic rings. The van der Waals surface area contributed by atoms with Crippen molar-refractivity contribution in [2.24, 2.45) is 5.73 Å². The normalized spacial score (nSPS) is 25.1. The topological polar surface area (TPSA) is 74.0 Å². The Morgan fingerprint density at radius 1 is 1.50 bits per heavy atom. The molecule has 1 unspecified atom stereocenters. The molecule has 0 saturated carbocycles. The van der Waals surface area contributed by atoms with Crippen molar-refractivity contribution in [2.45, 2.75) is 32.0 Å². The molecule has 1 heterocycles. The summed E-state index contributed by atoms with van der Waals surface area (Å²) in [5, 5.41) is 0. The highest BCUT2D eigenvalue weighted by molar-refractivity contribution is 5.68. The van der Waals surface area contributed by atoms with Crippen molar-refractivity contribution >= 4 is 6.09 Å². The number of carbonyl (C=O) groups excluding carboxylic acids is 1. The predicted octanol–water partition coefficient (Wildman–Crippen LogP) is 0.598. The van der Waals surface area contributed by atoms with Crippen LogP contribution in [0.25, 0.3) is 0 Å². The molecule has 0 aromatic rings. The molecule has 0 bridgehead atoms. The third kappa shape index (κ3) is 4.12. The number of rotatable bonds is 3. The van der Waals surface area contributed by atoms with Crippen LogP contribution in [0.1, 0.15) is 20.8 Å². The molecule has 1 atom stereocenters. The van der Waals surface area contributed by atoms with Gasteiger partial charge in [0.1, 0.15) is 11.2 Å². The van der Waals surface area contributed by atoms with Crippen LogP contribution in [0, 0.1) is 0 Å². The van der Waals surface area contributed by atoms with Crippen LogP contribution in [-0.2, 0) is 14.2 Å². The van der Waals surface area contributed by atoms with Gasteiger partial charge < -0.3 is 24.8 Å². The molecule has 0 aliphatic carbocycles. The number of hydrogen-bond acceptors (Lipinski definition) is 5. The molecule has 18 heavy (non-hydrogen) atoms. The zero-order valence-electron chi connectivity index (χ0n) is 11.7.